The summed E-state index contributed by atoms with van der Waals surface area (Å²) in [4.78, 5) is 1.91. The zero-order valence-corrected chi connectivity index (χ0v) is 6.86. The van der Waals surface area contributed by atoms with Crippen LogP contribution in [0.4, 0.5) is 0 Å². The topological polar surface area (TPSA) is 42.6 Å². The maximum atomic E-state index is 8.76. The first-order valence-corrected chi connectivity index (χ1v) is 3.79. The molecule has 0 aromatic carbocycles. The smallest absolute Gasteiger partial charge is 0.207 e. The van der Waals surface area contributed by atoms with Crippen molar-refractivity contribution in [3.05, 3.63) is 0 Å². The van der Waals surface area contributed by atoms with Crippen molar-refractivity contribution >= 4 is 6.34 Å². The molecule has 0 saturated carbocycles. The lowest BCUT2D eigenvalue weighted by molar-refractivity contribution is 0.190. The molecule has 0 aliphatic carbocycles. The second-order valence-corrected chi connectivity index (χ2v) is 2.32. The van der Waals surface area contributed by atoms with Gasteiger partial charge in [-0.1, -0.05) is 0 Å². The Morgan fingerprint density at radius 2 is 2.27 bits per heavy atom. The van der Waals surface area contributed by atoms with Crippen LogP contribution in [0.3, 0.4) is 0 Å². The highest BCUT2D eigenvalue weighted by Gasteiger charge is 2.24. The highest BCUT2D eigenvalue weighted by molar-refractivity contribution is 5.57. The van der Waals surface area contributed by atoms with Gasteiger partial charge in [-0.15, -0.1) is 0 Å². The standard InChI is InChI=1S/C7H12N4/c1-3-10-6-9-11(4-2)7(10)5-8/h6-7H,3-4H2,1-2H3. The first kappa shape index (κ1) is 7.86. The Labute approximate surface area is 66.7 Å². The summed E-state index contributed by atoms with van der Waals surface area (Å²) >= 11 is 0. The van der Waals surface area contributed by atoms with Gasteiger partial charge in [-0.25, -0.2) is 0 Å². The van der Waals surface area contributed by atoms with Crippen molar-refractivity contribution in [1.82, 2.24) is 9.91 Å². The fraction of sp³-hybridized carbons (Fsp3) is 0.714. The fourth-order valence-corrected chi connectivity index (χ4v) is 1.08. The van der Waals surface area contributed by atoms with Crippen LogP contribution in [0.5, 0.6) is 0 Å². The predicted octanol–water partition coefficient (Wildman–Crippen LogP) is 0.437. The van der Waals surface area contributed by atoms with Crippen molar-refractivity contribution in [1.29, 1.82) is 5.26 Å². The first-order chi connectivity index (χ1) is 5.33. The third kappa shape index (κ3) is 1.27. The van der Waals surface area contributed by atoms with E-state index in [0.29, 0.717) is 0 Å². The molecule has 0 spiro atoms. The van der Waals surface area contributed by atoms with Crippen molar-refractivity contribution in [3.8, 4) is 6.07 Å². The third-order valence-electron chi connectivity index (χ3n) is 1.75. The molecule has 0 amide bonds. The number of hydrogen-bond acceptors (Lipinski definition) is 4. The van der Waals surface area contributed by atoms with Crippen LogP contribution in [0, 0.1) is 11.3 Å². The number of hydrogen-bond donors (Lipinski definition) is 0. The molecule has 0 aromatic rings. The zero-order valence-electron chi connectivity index (χ0n) is 6.86. The molecule has 1 heterocycles. The summed E-state index contributed by atoms with van der Waals surface area (Å²) in [6.07, 6.45) is 1.53. The Hall–Kier alpha value is -1.24. The minimum Gasteiger partial charge on any atom is -0.328 e. The third-order valence-corrected chi connectivity index (χ3v) is 1.75. The second-order valence-electron chi connectivity index (χ2n) is 2.32. The molecule has 1 rings (SSSR count). The lowest BCUT2D eigenvalue weighted by atomic mass is 10.4. The monoisotopic (exact) mass is 152 g/mol. The van der Waals surface area contributed by atoms with Gasteiger partial charge < -0.3 is 4.90 Å². The summed E-state index contributed by atoms with van der Waals surface area (Å²) in [5.74, 6) is 0. The summed E-state index contributed by atoms with van der Waals surface area (Å²) in [6.45, 7) is 5.61. The summed E-state index contributed by atoms with van der Waals surface area (Å²) in [6, 6.07) is 2.19. The molecule has 0 aromatic heterocycles. The maximum absolute atomic E-state index is 8.76. The molecule has 1 aliphatic heterocycles. The molecule has 4 nitrogen and oxygen atoms in total. The normalized spacial score (nSPS) is 22.5. The quantitative estimate of drug-likeness (QED) is 0.576. The minimum absolute atomic E-state index is 0.190. The van der Waals surface area contributed by atoms with Crippen LogP contribution in [0.2, 0.25) is 0 Å². The molecule has 1 aliphatic rings. The first-order valence-electron chi connectivity index (χ1n) is 3.79. The summed E-state index contributed by atoms with van der Waals surface area (Å²) in [7, 11) is 0. The van der Waals surface area contributed by atoms with E-state index in [1.54, 1.807) is 11.3 Å². The number of rotatable bonds is 2. The Balaban J connectivity index is 2.64. The van der Waals surface area contributed by atoms with E-state index >= 15 is 0 Å². The zero-order chi connectivity index (χ0) is 8.27. The Bertz CT molecular complexity index is 179. The van der Waals surface area contributed by atoms with Crippen molar-refractivity contribution in [3.63, 3.8) is 0 Å². The Morgan fingerprint density at radius 3 is 2.73 bits per heavy atom. The van der Waals surface area contributed by atoms with Gasteiger partial charge in [0.25, 0.3) is 0 Å². The minimum atomic E-state index is -0.190. The average Bonchev–Trinajstić information content (AvgIpc) is 2.45. The van der Waals surface area contributed by atoms with Crippen LogP contribution in [0.25, 0.3) is 0 Å². The molecule has 60 valence electrons. The van der Waals surface area contributed by atoms with E-state index in [-0.39, 0.29) is 6.17 Å². The molecule has 0 bridgehead atoms. The van der Waals surface area contributed by atoms with E-state index in [0.717, 1.165) is 13.1 Å². The Morgan fingerprint density at radius 1 is 1.55 bits per heavy atom. The van der Waals surface area contributed by atoms with Crippen LogP contribution in [0.15, 0.2) is 5.10 Å². The van der Waals surface area contributed by atoms with Crippen molar-refractivity contribution in [2.75, 3.05) is 13.1 Å². The second kappa shape index (κ2) is 3.24. The largest absolute Gasteiger partial charge is 0.328 e. The van der Waals surface area contributed by atoms with Gasteiger partial charge in [-0.05, 0) is 13.8 Å². The van der Waals surface area contributed by atoms with Crippen LogP contribution in [-0.2, 0) is 0 Å². The van der Waals surface area contributed by atoms with Gasteiger partial charge >= 0.3 is 0 Å². The average molecular weight is 152 g/mol. The molecule has 1 atom stereocenters. The summed E-state index contributed by atoms with van der Waals surface area (Å²) < 4.78 is 0. The van der Waals surface area contributed by atoms with Gasteiger partial charge in [0.1, 0.15) is 12.4 Å². The molecular formula is C7H12N4. The van der Waals surface area contributed by atoms with E-state index in [1.165, 1.54) is 0 Å². The van der Waals surface area contributed by atoms with Gasteiger partial charge in [-0.3, -0.25) is 5.01 Å². The van der Waals surface area contributed by atoms with Gasteiger partial charge in [0.2, 0.25) is 6.17 Å². The molecule has 0 N–H and O–H groups in total. The van der Waals surface area contributed by atoms with E-state index in [4.69, 9.17) is 5.26 Å². The molecule has 0 fully saturated rings. The fourth-order valence-electron chi connectivity index (χ4n) is 1.08. The summed E-state index contributed by atoms with van der Waals surface area (Å²) in [5, 5.41) is 14.6. The van der Waals surface area contributed by atoms with Gasteiger partial charge in [0.05, 0.1) is 0 Å². The van der Waals surface area contributed by atoms with Crippen LogP contribution >= 0.6 is 0 Å². The molecule has 11 heavy (non-hydrogen) atoms. The lowest BCUT2D eigenvalue weighted by Crippen LogP contribution is -2.38. The maximum Gasteiger partial charge on any atom is 0.207 e. The van der Waals surface area contributed by atoms with Gasteiger partial charge in [-0.2, -0.15) is 10.4 Å². The lowest BCUT2D eigenvalue weighted by Gasteiger charge is -2.22. The van der Waals surface area contributed by atoms with Crippen LogP contribution in [-0.4, -0.2) is 35.5 Å². The Kier molecular flexibility index (Phi) is 2.32. The molecule has 0 saturated heterocycles. The molecule has 4 heteroatoms. The number of nitrogens with zero attached hydrogens (tertiary/aromatic N) is 4. The molecule has 0 radical (unpaired) electrons. The van der Waals surface area contributed by atoms with Gasteiger partial charge in [0.15, 0.2) is 0 Å². The molecule has 1 unspecified atom stereocenters. The van der Waals surface area contributed by atoms with Crippen molar-refractivity contribution < 1.29 is 0 Å². The van der Waals surface area contributed by atoms with Crippen LogP contribution in [0.1, 0.15) is 13.8 Å². The summed E-state index contributed by atoms with van der Waals surface area (Å²) in [5.41, 5.74) is 0. The highest BCUT2D eigenvalue weighted by atomic mass is 15.6. The number of hydrazone groups is 1. The molecular weight excluding hydrogens is 140 g/mol. The number of nitriles is 1. The van der Waals surface area contributed by atoms with Crippen molar-refractivity contribution in [2.24, 2.45) is 5.10 Å². The van der Waals surface area contributed by atoms with Crippen molar-refractivity contribution in [2.45, 2.75) is 20.0 Å². The SMILES string of the molecule is CCN1C=NN(CC)C1C#N. The van der Waals surface area contributed by atoms with E-state index in [9.17, 15) is 0 Å². The predicted molar refractivity (Wildman–Crippen MR) is 42.7 cm³/mol. The highest BCUT2D eigenvalue weighted by Crippen LogP contribution is 2.09. The van der Waals surface area contributed by atoms with Crippen LogP contribution < -0.4 is 0 Å². The van der Waals surface area contributed by atoms with Gasteiger partial charge in [0, 0.05) is 13.1 Å². The van der Waals surface area contributed by atoms with E-state index < -0.39 is 0 Å². The van der Waals surface area contributed by atoms with E-state index in [1.807, 2.05) is 18.7 Å². The van der Waals surface area contributed by atoms with E-state index in [2.05, 4.69) is 11.2 Å².